The molecule has 2 aromatic rings. The summed E-state index contributed by atoms with van der Waals surface area (Å²) >= 11 is 6.10. The number of rotatable bonds is 5. The van der Waals surface area contributed by atoms with Crippen LogP contribution in [0.1, 0.15) is 27.9 Å². The molecule has 22 heavy (non-hydrogen) atoms. The highest BCUT2D eigenvalue weighted by atomic mass is 35.5. The van der Waals surface area contributed by atoms with Gasteiger partial charge in [-0.3, -0.25) is 4.79 Å². The van der Waals surface area contributed by atoms with Crippen LogP contribution in [-0.4, -0.2) is 18.9 Å². The molecule has 2 aromatic carbocycles. The summed E-state index contributed by atoms with van der Waals surface area (Å²) in [4.78, 5) is 12.3. The van der Waals surface area contributed by atoms with Crippen molar-refractivity contribution in [3.63, 3.8) is 0 Å². The van der Waals surface area contributed by atoms with Gasteiger partial charge in [-0.2, -0.15) is 0 Å². The summed E-state index contributed by atoms with van der Waals surface area (Å²) in [5.41, 5.74) is 4.18. The van der Waals surface area contributed by atoms with Gasteiger partial charge in [0.1, 0.15) is 0 Å². The molecular formula is C18H19ClN2O. The fourth-order valence-corrected chi connectivity index (χ4v) is 2.91. The van der Waals surface area contributed by atoms with Crippen molar-refractivity contribution in [3.8, 4) is 0 Å². The summed E-state index contributed by atoms with van der Waals surface area (Å²) in [6.45, 7) is 1.93. The maximum absolute atomic E-state index is 12.3. The number of Topliss-reactive ketones (excluding diaryl/α,β-unsaturated/α-hetero) is 1. The molecule has 4 heteroatoms. The first-order chi connectivity index (χ1) is 10.7. The van der Waals surface area contributed by atoms with Gasteiger partial charge in [-0.05, 0) is 48.2 Å². The van der Waals surface area contributed by atoms with Crippen molar-refractivity contribution in [2.75, 3.05) is 18.4 Å². The Balaban J connectivity index is 1.59. The minimum absolute atomic E-state index is 0.112. The highest BCUT2D eigenvalue weighted by Crippen LogP contribution is 2.23. The van der Waals surface area contributed by atoms with Gasteiger partial charge in [0.25, 0.3) is 0 Å². The lowest BCUT2D eigenvalue weighted by atomic mass is 9.99. The van der Waals surface area contributed by atoms with Gasteiger partial charge in [0.15, 0.2) is 5.78 Å². The summed E-state index contributed by atoms with van der Waals surface area (Å²) in [7, 11) is 0. The molecule has 0 radical (unpaired) electrons. The van der Waals surface area contributed by atoms with Crippen molar-refractivity contribution in [1.82, 2.24) is 5.32 Å². The summed E-state index contributed by atoms with van der Waals surface area (Å²) in [5, 5.41) is 7.25. The van der Waals surface area contributed by atoms with E-state index >= 15 is 0 Å². The minimum atomic E-state index is 0.112. The molecule has 0 saturated heterocycles. The molecule has 0 atom stereocenters. The van der Waals surface area contributed by atoms with Crippen molar-refractivity contribution >= 4 is 23.1 Å². The topological polar surface area (TPSA) is 41.1 Å². The number of fused-ring (bicyclic) bond motifs is 1. The van der Waals surface area contributed by atoms with Gasteiger partial charge >= 0.3 is 0 Å². The Hall–Kier alpha value is -1.84. The van der Waals surface area contributed by atoms with E-state index in [4.69, 9.17) is 11.6 Å². The van der Waals surface area contributed by atoms with Crippen LogP contribution in [0.5, 0.6) is 0 Å². The van der Waals surface area contributed by atoms with E-state index in [1.807, 2.05) is 42.5 Å². The average molecular weight is 315 g/mol. The second-order valence-electron chi connectivity index (χ2n) is 5.52. The molecule has 0 aliphatic carbocycles. The van der Waals surface area contributed by atoms with Crippen molar-refractivity contribution in [1.29, 1.82) is 0 Å². The molecule has 1 aliphatic heterocycles. The molecule has 0 bridgehead atoms. The van der Waals surface area contributed by atoms with Gasteiger partial charge in [0.05, 0.1) is 6.54 Å². The number of carbonyl (C=O) groups is 1. The van der Waals surface area contributed by atoms with Crippen LogP contribution >= 0.6 is 11.6 Å². The van der Waals surface area contributed by atoms with Gasteiger partial charge < -0.3 is 10.6 Å². The van der Waals surface area contributed by atoms with Crippen LogP contribution in [0.4, 0.5) is 5.69 Å². The number of hydrogen-bond acceptors (Lipinski definition) is 3. The molecule has 1 aliphatic rings. The predicted octanol–water partition coefficient (Wildman–Crippen LogP) is 3.67. The van der Waals surface area contributed by atoms with Crippen molar-refractivity contribution in [2.24, 2.45) is 0 Å². The van der Waals surface area contributed by atoms with Crippen LogP contribution in [0, 0.1) is 0 Å². The average Bonchev–Trinajstić information content (AvgIpc) is 2.56. The Morgan fingerprint density at radius 1 is 1.23 bits per heavy atom. The molecule has 0 amide bonds. The van der Waals surface area contributed by atoms with E-state index in [1.54, 1.807) is 0 Å². The molecule has 3 rings (SSSR count). The molecule has 0 unspecified atom stereocenters. The normalized spacial score (nSPS) is 13.3. The van der Waals surface area contributed by atoms with Crippen LogP contribution in [0.25, 0.3) is 0 Å². The van der Waals surface area contributed by atoms with Crippen molar-refractivity contribution < 1.29 is 4.79 Å². The van der Waals surface area contributed by atoms with E-state index in [2.05, 4.69) is 10.6 Å². The lowest BCUT2D eigenvalue weighted by Gasteiger charge is -2.18. The van der Waals surface area contributed by atoms with Gasteiger partial charge in [-0.15, -0.1) is 0 Å². The first kappa shape index (κ1) is 15.1. The minimum Gasteiger partial charge on any atom is -0.385 e. The van der Waals surface area contributed by atoms with Crippen LogP contribution in [-0.2, 0) is 13.0 Å². The van der Waals surface area contributed by atoms with Crippen LogP contribution < -0.4 is 10.6 Å². The summed E-state index contributed by atoms with van der Waals surface area (Å²) in [6, 6.07) is 13.6. The molecule has 0 aromatic heterocycles. The summed E-state index contributed by atoms with van der Waals surface area (Å²) < 4.78 is 0. The molecule has 2 N–H and O–H groups in total. The number of halogens is 1. The Morgan fingerprint density at radius 2 is 2.09 bits per heavy atom. The third-order valence-corrected chi connectivity index (χ3v) is 4.29. The van der Waals surface area contributed by atoms with Crippen molar-refractivity contribution in [2.45, 2.75) is 19.4 Å². The van der Waals surface area contributed by atoms with Crippen LogP contribution in [0.2, 0.25) is 5.02 Å². The number of benzene rings is 2. The second kappa shape index (κ2) is 6.95. The standard InChI is InChI=1S/C18H19ClN2O/c19-16-6-2-1-4-15(16)11-20-12-18(22)14-7-8-17-13(10-14)5-3-9-21-17/h1-2,4,6-8,10,20-21H,3,5,9,11-12H2. The van der Waals surface area contributed by atoms with E-state index in [-0.39, 0.29) is 5.78 Å². The van der Waals surface area contributed by atoms with E-state index in [1.165, 1.54) is 5.56 Å². The lowest BCUT2D eigenvalue weighted by molar-refractivity contribution is 0.0990. The molecule has 0 fully saturated rings. The smallest absolute Gasteiger partial charge is 0.176 e. The van der Waals surface area contributed by atoms with E-state index < -0.39 is 0 Å². The molecule has 114 valence electrons. The Bertz CT molecular complexity index is 685. The fourth-order valence-electron chi connectivity index (χ4n) is 2.70. The maximum atomic E-state index is 12.3. The molecular weight excluding hydrogens is 296 g/mol. The molecule has 1 heterocycles. The molecule has 0 spiro atoms. The SMILES string of the molecule is O=C(CNCc1ccccc1Cl)c1ccc2c(c1)CCCN2. The first-order valence-corrected chi connectivity index (χ1v) is 7.96. The molecule has 0 saturated carbocycles. The number of ketones is 1. The highest BCUT2D eigenvalue weighted by molar-refractivity contribution is 6.31. The second-order valence-corrected chi connectivity index (χ2v) is 5.93. The van der Waals surface area contributed by atoms with Gasteiger partial charge in [0.2, 0.25) is 0 Å². The fraction of sp³-hybridized carbons (Fsp3) is 0.278. The maximum Gasteiger partial charge on any atom is 0.176 e. The first-order valence-electron chi connectivity index (χ1n) is 7.58. The van der Waals surface area contributed by atoms with E-state index in [0.717, 1.165) is 41.2 Å². The highest BCUT2D eigenvalue weighted by Gasteiger charge is 2.12. The zero-order valence-corrected chi connectivity index (χ0v) is 13.1. The Morgan fingerprint density at radius 3 is 2.95 bits per heavy atom. The molecule has 3 nitrogen and oxygen atoms in total. The summed E-state index contributed by atoms with van der Waals surface area (Å²) in [5.74, 6) is 0.112. The lowest BCUT2D eigenvalue weighted by Crippen LogP contribution is -2.23. The number of aryl methyl sites for hydroxylation is 1. The van der Waals surface area contributed by atoms with E-state index in [0.29, 0.717) is 13.1 Å². The van der Waals surface area contributed by atoms with Crippen LogP contribution in [0.3, 0.4) is 0 Å². The zero-order valence-electron chi connectivity index (χ0n) is 12.4. The zero-order chi connectivity index (χ0) is 15.4. The predicted molar refractivity (Wildman–Crippen MR) is 90.7 cm³/mol. The Labute approximate surface area is 135 Å². The number of hydrogen-bond donors (Lipinski definition) is 2. The number of anilines is 1. The van der Waals surface area contributed by atoms with Gasteiger partial charge in [0, 0.05) is 29.4 Å². The number of carbonyl (C=O) groups excluding carboxylic acids is 1. The largest absolute Gasteiger partial charge is 0.385 e. The third-order valence-electron chi connectivity index (χ3n) is 3.92. The van der Waals surface area contributed by atoms with Gasteiger partial charge in [-0.25, -0.2) is 0 Å². The monoisotopic (exact) mass is 314 g/mol. The Kier molecular flexibility index (Phi) is 4.76. The van der Waals surface area contributed by atoms with Crippen LogP contribution in [0.15, 0.2) is 42.5 Å². The van der Waals surface area contributed by atoms with Crippen molar-refractivity contribution in [3.05, 3.63) is 64.2 Å². The number of nitrogens with one attached hydrogen (secondary N) is 2. The summed E-state index contributed by atoms with van der Waals surface area (Å²) in [6.07, 6.45) is 2.16. The quantitative estimate of drug-likeness (QED) is 0.827. The van der Waals surface area contributed by atoms with E-state index in [9.17, 15) is 4.79 Å². The third kappa shape index (κ3) is 3.49. The van der Waals surface area contributed by atoms with Gasteiger partial charge in [-0.1, -0.05) is 29.8 Å².